The minimum atomic E-state index is -0.422. The van der Waals surface area contributed by atoms with E-state index in [0.717, 1.165) is 22.4 Å². The second-order valence-electron chi connectivity index (χ2n) is 5.08. The predicted molar refractivity (Wildman–Crippen MR) is 77.2 cm³/mol. The van der Waals surface area contributed by atoms with Gasteiger partial charge >= 0.3 is 5.97 Å². The van der Waals surface area contributed by atoms with Crippen molar-refractivity contribution < 1.29 is 18.8 Å². The molecule has 5 heteroatoms. The molecule has 2 aromatic rings. The number of rotatable bonds is 5. The number of benzene rings is 1. The Bertz CT molecular complexity index is 606. The molecule has 1 aromatic carbocycles. The molecule has 0 radical (unpaired) electrons. The zero-order chi connectivity index (χ0) is 15.4. The molecule has 0 spiro atoms. The highest BCUT2D eigenvalue weighted by Crippen LogP contribution is 2.16. The van der Waals surface area contributed by atoms with Crippen molar-refractivity contribution in [1.82, 2.24) is 5.16 Å². The van der Waals surface area contributed by atoms with E-state index >= 15 is 0 Å². The third-order valence-corrected chi connectivity index (χ3v) is 3.11. The van der Waals surface area contributed by atoms with Gasteiger partial charge in [0.1, 0.15) is 18.1 Å². The fraction of sp³-hybridized carbons (Fsp3) is 0.375. The normalized spacial score (nSPS) is 10.5. The van der Waals surface area contributed by atoms with Gasteiger partial charge in [0, 0.05) is 0 Å². The molecule has 0 saturated heterocycles. The quantitative estimate of drug-likeness (QED) is 0.792. The Morgan fingerprint density at radius 3 is 2.38 bits per heavy atom. The number of nitrogens with zero attached hydrogens (tertiary/aromatic N) is 1. The summed E-state index contributed by atoms with van der Waals surface area (Å²) in [6.07, 6.45) is 0. The van der Waals surface area contributed by atoms with Crippen LogP contribution >= 0.6 is 0 Å². The lowest BCUT2D eigenvalue weighted by molar-refractivity contribution is -0.147. The lowest BCUT2D eigenvalue weighted by Crippen LogP contribution is -2.15. The van der Waals surface area contributed by atoms with Gasteiger partial charge < -0.3 is 14.0 Å². The van der Waals surface area contributed by atoms with Gasteiger partial charge in [-0.25, -0.2) is 4.79 Å². The molecular formula is C16H19NO4. The molecule has 0 fully saturated rings. The van der Waals surface area contributed by atoms with E-state index < -0.39 is 5.97 Å². The first kappa shape index (κ1) is 15.1. The molecule has 0 unspecified atom stereocenters. The van der Waals surface area contributed by atoms with Gasteiger partial charge in [-0.3, -0.25) is 0 Å². The number of carbonyl (C=O) groups excluding carboxylic acids is 1. The molecule has 1 heterocycles. The minimum absolute atomic E-state index is 0.119. The molecule has 0 atom stereocenters. The summed E-state index contributed by atoms with van der Waals surface area (Å²) >= 11 is 0. The third kappa shape index (κ3) is 4.08. The van der Waals surface area contributed by atoms with Crippen molar-refractivity contribution in [3.8, 4) is 5.75 Å². The van der Waals surface area contributed by atoms with E-state index in [4.69, 9.17) is 14.0 Å². The van der Waals surface area contributed by atoms with Crippen LogP contribution in [0, 0.1) is 27.7 Å². The van der Waals surface area contributed by atoms with E-state index in [1.807, 2.05) is 39.0 Å². The highest BCUT2D eigenvalue weighted by Gasteiger charge is 2.12. The molecule has 1 aromatic heterocycles. The number of aryl methyl sites for hydroxylation is 4. The number of hydrogen-bond donors (Lipinski definition) is 0. The molecule has 0 amide bonds. The van der Waals surface area contributed by atoms with E-state index in [2.05, 4.69) is 5.16 Å². The van der Waals surface area contributed by atoms with E-state index in [-0.39, 0.29) is 13.2 Å². The molecular weight excluding hydrogens is 270 g/mol. The first-order valence-electron chi connectivity index (χ1n) is 6.74. The van der Waals surface area contributed by atoms with Crippen molar-refractivity contribution in [1.29, 1.82) is 0 Å². The molecule has 2 rings (SSSR count). The largest absolute Gasteiger partial charge is 0.482 e. The van der Waals surface area contributed by atoms with Crippen molar-refractivity contribution in [2.75, 3.05) is 6.61 Å². The summed E-state index contributed by atoms with van der Waals surface area (Å²) in [5, 5.41) is 3.81. The van der Waals surface area contributed by atoms with Crippen LogP contribution < -0.4 is 4.74 Å². The van der Waals surface area contributed by atoms with E-state index in [0.29, 0.717) is 11.5 Å². The highest BCUT2D eigenvalue weighted by atomic mass is 16.6. The van der Waals surface area contributed by atoms with Crippen molar-refractivity contribution in [2.24, 2.45) is 0 Å². The fourth-order valence-corrected chi connectivity index (χ4v) is 2.06. The van der Waals surface area contributed by atoms with E-state index in [1.54, 1.807) is 6.92 Å². The Kier molecular flexibility index (Phi) is 4.62. The molecule has 0 N–H and O–H groups in total. The van der Waals surface area contributed by atoms with Crippen molar-refractivity contribution in [2.45, 2.75) is 34.3 Å². The van der Waals surface area contributed by atoms with Gasteiger partial charge in [0.25, 0.3) is 0 Å². The summed E-state index contributed by atoms with van der Waals surface area (Å²) in [6, 6.07) is 5.81. The Hall–Kier alpha value is -2.30. The molecule has 5 nitrogen and oxygen atoms in total. The Labute approximate surface area is 123 Å². The lowest BCUT2D eigenvalue weighted by atomic mass is 10.1. The first-order valence-corrected chi connectivity index (χ1v) is 6.74. The second-order valence-corrected chi connectivity index (χ2v) is 5.08. The van der Waals surface area contributed by atoms with Crippen LogP contribution in [0.1, 0.15) is 28.1 Å². The average Bonchev–Trinajstić information content (AvgIpc) is 2.72. The smallest absolute Gasteiger partial charge is 0.344 e. The molecule has 0 bridgehead atoms. The van der Waals surface area contributed by atoms with Gasteiger partial charge in [-0.15, -0.1) is 0 Å². The standard InChI is InChI=1S/C16H19NO4/c1-10-5-11(2)7-14(6-10)19-9-16(18)20-8-15-12(3)17-21-13(15)4/h5-7H,8-9H2,1-4H3. The molecule has 0 aliphatic rings. The van der Waals surface area contributed by atoms with Crippen molar-refractivity contribution in [3.63, 3.8) is 0 Å². The van der Waals surface area contributed by atoms with Crippen LogP contribution in [0.2, 0.25) is 0 Å². The van der Waals surface area contributed by atoms with Crippen LogP contribution in [0.4, 0.5) is 0 Å². The average molecular weight is 289 g/mol. The SMILES string of the molecule is Cc1cc(C)cc(OCC(=O)OCc2c(C)noc2C)c1. The summed E-state index contributed by atoms with van der Waals surface area (Å²) in [6.45, 7) is 7.59. The van der Waals surface area contributed by atoms with Crippen molar-refractivity contribution in [3.05, 3.63) is 46.3 Å². The zero-order valence-corrected chi connectivity index (χ0v) is 12.7. The van der Waals surface area contributed by atoms with Gasteiger partial charge in [-0.05, 0) is 51.0 Å². The van der Waals surface area contributed by atoms with Gasteiger partial charge in [0.2, 0.25) is 0 Å². The number of aromatic nitrogens is 1. The van der Waals surface area contributed by atoms with Crippen LogP contribution in [-0.2, 0) is 16.1 Å². The Morgan fingerprint density at radius 1 is 1.14 bits per heavy atom. The third-order valence-electron chi connectivity index (χ3n) is 3.11. The second kappa shape index (κ2) is 6.43. The molecule has 21 heavy (non-hydrogen) atoms. The minimum Gasteiger partial charge on any atom is -0.482 e. The molecule has 0 saturated carbocycles. The Morgan fingerprint density at radius 2 is 1.81 bits per heavy atom. The summed E-state index contributed by atoms with van der Waals surface area (Å²) in [7, 11) is 0. The maximum Gasteiger partial charge on any atom is 0.344 e. The Balaban J connectivity index is 1.85. The van der Waals surface area contributed by atoms with Gasteiger partial charge in [-0.2, -0.15) is 0 Å². The first-order chi connectivity index (χ1) is 9.95. The summed E-state index contributed by atoms with van der Waals surface area (Å²) < 4.78 is 15.6. The summed E-state index contributed by atoms with van der Waals surface area (Å²) in [5.74, 6) is 0.909. The topological polar surface area (TPSA) is 61.6 Å². The van der Waals surface area contributed by atoms with E-state index in [9.17, 15) is 4.79 Å². The maximum atomic E-state index is 11.7. The predicted octanol–water partition coefficient (Wildman–Crippen LogP) is 3.03. The maximum absolute atomic E-state index is 11.7. The number of esters is 1. The van der Waals surface area contributed by atoms with Crippen LogP contribution in [0.15, 0.2) is 22.7 Å². The number of hydrogen-bond acceptors (Lipinski definition) is 5. The lowest BCUT2D eigenvalue weighted by Gasteiger charge is -2.08. The fourth-order valence-electron chi connectivity index (χ4n) is 2.06. The van der Waals surface area contributed by atoms with Crippen LogP contribution in [-0.4, -0.2) is 17.7 Å². The van der Waals surface area contributed by atoms with Crippen LogP contribution in [0.25, 0.3) is 0 Å². The van der Waals surface area contributed by atoms with Crippen LogP contribution in [0.5, 0.6) is 5.75 Å². The highest BCUT2D eigenvalue weighted by molar-refractivity contribution is 5.71. The van der Waals surface area contributed by atoms with Crippen LogP contribution in [0.3, 0.4) is 0 Å². The van der Waals surface area contributed by atoms with Crippen molar-refractivity contribution >= 4 is 5.97 Å². The van der Waals surface area contributed by atoms with E-state index in [1.165, 1.54) is 0 Å². The molecule has 112 valence electrons. The van der Waals surface area contributed by atoms with Gasteiger partial charge in [-0.1, -0.05) is 11.2 Å². The molecule has 0 aliphatic carbocycles. The zero-order valence-electron chi connectivity index (χ0n) is 12.7. The number of ether oxygens (including phenoxy) is 2. The summed E-state index contributed by atoms with van der Waals surface area (Å²) in [4.78, 5) is 11.7. The monoisotopic (exact) mass is 289 g/mol. The number of carbonyl (C=O) groups is 1. The molecule has 0 aliphatic heterocycles. The van der Waals surface area contributed by atoms with Gasteiger partial charge in [0.15, 0.2) is 6.61 Å². The van der Waals surface area contributed by atoms with Gasteiger partial charge in [0.05, 0.1) is 11.3 Å². The summed E-state index contributed by atoms with van der Waals surface area (Å²) in [5.41, 5.74) is 3.72.